The first-order valence-electron chi connectivity index (χ1n) is 5.60. The molecule has 0 N–H and O–H groups in total. The van der Waals surface area contributed by atoms with Crippen molar-refractivity contribution in [2.24, 2.45) is 5.92 Å². The summed E-state index contributed by atoms with van der Waals surface area (Å²) in [5.41, 5.74) is 1.10. The molecule has 1 aromatic rings. The fourth-order valence-corrected chi connectivity index (χ4v) is 2.08. The van der Waals surface area contributed by atoms with Crippen LogP contribution in [0.25, 0.3) is 0 Å². The highest BCUT2D eigenvalue weighted by Crippen LogP contribution is 2.19. The van der Waals surface area contributed by atoms with Crippen LogP contribution in [0.1, 0.15) is 19.4 Å². The van der Waals surface area contributed by atoms with Gasteiger partial charge in [-0.3, -0.25) is 4.79 Å². The van der Waals surface area contributed by atoms with Gasteiger partial charge >= 0.3 is 0 Å². The fraction of sp³-hybridized carbons (Fsp3) is 0.462. The molecule has 17 heavy (non-hydrogen) atoms. The van der Waals surface area contributed by atoms with Crippen molar-refractivity contribution in [3.05, 3.63) is 34.3 Å². The summed E-state index contributed by atoms with van der Waals surface area (Å²) in [5.74, 6) is 0.312. The van der Waals surface area contributed by atoms with Gasteiger partial charge in [-0.2, -0.15) is 12.6 Å². The molecule has 0 aliphatic rings. The largest absolute Gasteiger partial charge is 0.340 e. The standard InChI is InChI=1S/C13H18BrNOS/c1-9(2)12(17)13(16)15(3)8-10-6-4-5-7-11(10)14/h4-7,9,12,17H,8H2,1-3H3. The van der Waals surface area contributed by atoms with Crippen LogP contribution in [-0.2, 0) is 11.3 Å². The van der Waals surface area contributed by atoms with Gasteiger partial charge < -0.3 is 4.90 Å². The number of benzene rings is 1. The Hall–Kier alpha value is -0.480. The second-order valence-electron chi connectivity index (χ2n) is 4.47. The average Bonchev–Trinajstić information content (AvgIpc) is 2.30. The van der Waals surface area contributed by atoms with Crippen LogP contribution in [0.2, 0.25) is 0 Å². The van der Waals surface area contributed by atoms with Gasteiger partial charge in [-0.1, -0.05) is 48.0 Å². The van der Waals surface area contributed by atoms with Gasteiger partial charge in [-0.15, -0.1) is 0 Å². The minimum absolute atomic E-state index is 0.0686. The molecule has 0 bridgehead atoms. The van der Waals surface area contributed by atoms with Crippen LogP contribution in [0.4, 0.5) is 0 Å². The lowest BCUT2D eigenvalue weighted by atomic mass is 10.1. The molecule has 0 saturated heterocycles. The molecule has 0 aliphatic carbocycles. The number of halogens is 1. The second-order valence-corrected chi connectivity index (χ2v) is 5.89. The van der Waals surface area contributed by atoms with E-state index in [0.29, 0.717) is 6.54 Å². The first kappa shape index (κ1) is 14.6. The maximum absolute atomic E-state index is 12.0. The molecule has 2 nitrogen and oxygen atoms in total. The van der Waals surface area contributed by atoms with Crippen molar-refractivity contribution in [1.29, 1.82) is 0 Å². The summed E-state index contributed by atoms with van der Waals surface area (Å²) in [6, 6.07) is 7.93. The zero-order valence-corrected chi connectivity index (χ0v) is 12.8. The predicted molar refractivity (Wildman–Crippen MR) is 78.2 cm³/mol. The minimum atomic E-state index is -0.234. The average molecular weight is 316 g/mol. The molecular formula is C13H18BrNOS. The van der Waals surface area contributed by atoms with Crippen LogP contribution in [0, 0.1) is 5.92 Å². The Balaban J connectivity index is 2.70. The molecule has 1 rings (SSSR count). The molecule has 1 aromatic carbocycles. The van der Waals surface area contributed by atoms with Crippen molar-refractivity contribution < 1.29 is 4.79 Å². The summed E-state index contributed by atoms with van der Waals surface area (Å²) in [6.07, 6.45) is 0. The molecule has 0 aliphatic heterocycles. The summed E-state index contributed by atoms with van der Waals surface area (Å²) in [5, 5.41) is -0.234. The van der Waals surface area contributed by atoms with Crippen LogP contribution < -0.4 is 0 Å². The zero-order chi connectivity index (χ0) is 13.0. The van der Waals surface area contributed by atoms with E-state index in [0.717, 1.165) is 10.0 Å². The van der Waals surface area contributed by atoms with Gasteiger partial charge in [0, 0.05) is 18.1 Å². The number of hydrogen-bond donors (Lipinski definition) is 1. The van der Waals surface area contributed by atoms with Gasteiger partial charge in [-0.05, 0) is 17.5 Å². The van der Waals surface area contributed by atoms with Crippen LogP contribution in [0.5, 0.6) is 0 Å². The van der Waals surface area contributed by atoms with E-state index in [2.05, 4.69) is 28.6 Å². The monoisotopic (exact) mass is 315 g/mol. The Morgan fingerprint density at radius 1 is 1.41 bits per heavy atom. The van der Waals surface area contributed by atoms with E-state index in [1.165, 1.54) is 0 Å². The Bertz CT molecular complexity index is 395. The number of rotatable bonds is 4. The SMILES string of the molecule is CC(C)C(S)C(=O)N(C)Cc1ccccc1Br. The summed E-state index contributed by atoms with van der Waals surface area (Å²) in [6.45, 7) is 4.60. The summed E-state index contributed by atoms with van der Waals surface area (Å²) in [4.78, 5) is 13.8. The molecule has 0 heterocycles. The maximum Gasteiger partial charge on any atom is 0.235 e. The van der Waals surface area contributed by atoms with E-state index in [1.807, 2.05) is 45.2 Å². The highest BCUT2D eigenvalue weighted by Gasteiger charge is 2.21. The molecule has 0 aromatic heterocycles. The summed E-state index contributed by atoms with van der Waals surface area (Å²) < 4.78 is 1.03. The van der Waals surface area contributed by atoms with Crippen LogP contribution in [0.3, 0.4) is 0 Å². The number of nitrogens with zero attached hydrogens (tertiary/aromatic N) is 1. The molecule has 0 saturated carbocycles. The Labute approximate surface area is 117 Å². The van der Waals surface area contributed by atoms with Crippen molar-refractivity contribution in [3.63, 3.8) is 0 Å². The van der Waals surface area contributed by atoms with Gasteiger partial charge in [0.2, 0.25) is 5.91 Å². The highest BCUT2D eigenvalue weighted by atomic mass is 79.9. The van der Waals surface area contributed by atoms with Gasteiger partial charge in [-0.25, -0.2) is 0 Å². The molecule has 1 unspecified atom stereocenters. The lowest BCUT2D eigenvalue weighted by molar-refractivity contribution is -0.130. The second kappa shape index (κ2) is 6.45. The van der Waals surface area contributed by atoms with Crippen molar-refractivity contribution >= 4 is 34.5 Å². The van der Waals surface area contributed by atoms with Crippen LogP contribution in [0.15, 0.2) is 28.7 Å². The first-order chi connectivity index (χ1) is 7.93. The van der Waals surface area contributed by atoms with Gasteiger partial charge in [0.05, 0.1) is 5.25 Å². The molecule has 94 valence electrons. The minimum Gasteiger partial charge on any atom is -0.340 e. The molecule has 1 atom stereocenters. The van der Waals surface area contributed by atoms with Crippen molar-refractivity contribution in [2.75, 3.05) is 7.05 Å². The van der Waals surface area contributed by atoms with Crippen LogP contribution in [-0.4, -0.2) is 23.1 Å². The van der Waals surface area contributed by atoms with E-state index < -0.39 is 0 Å². The predicted octanol–water partition coefficient (Wildman–Crippen LogP) is 3.36. The molecule has 0 spiro atoms. The highest BCUT2D eigenvalue weighted by molar-refractivity contribution is 9.10. The van der Waals surface area contributed by atoms with Crippen molar-refractivity contribution in [3.8, 4) is 0 Å². The first-order valence-corrected chi connectivity index (χ1v) is 6.91. The van der Waals surface area contributed by atoms with Gasteiger partial charge in [0.1, 0.15) is 0 Å². The molecule has 0 fully saturated rings. The lowest BCUT2D eigenvalue weighted by Crippen LogP contribution is -2.35. The zero-order valence-electron chi connectivity index (χ0n) is 10.4. The normalized spacial score (nSPS) is 12.6. The number of carbonyl (C=O) groups is 1. The van der Waals surface area contributed by atoms with Gasteiger partial charge in [0.25, 0.3) is 0 Å². The van der Waals surface area contributed by atoms with E-state index in [-0.39, 0.29) is 17.1 Å². The third-order valence-electron chi connectivity index (χ3n) is 2.63. The quantitative estimate of drug-likeness (QED) is 0.845. The maximum atomic E-state index is 12.0. The van der Waals surface area contributed by atoms with E-state index >= 15 is 0 Å². The summed E-state index contributed by atoms with van der Waals surface area (Å²) >= 11 is 7.83. The topological polar surface area (TPSA) is 20.3 Å². The van der Waals surface area contributed by atoms with E-state index in [4.69, 9.17) is 0 Å². The Morgan fingerprint density at radius 3 is 2.53 bits per heavy atom. The Morgan fingerprint density at radius 2 is 2.00 bits per heavy atom. The molecular weight excluding hydrogens is 298 g/mol. The van der Waals surface area contributed by atoms with Crippen LogP contribution >= 0.6 is 28.6 Å². The molecule has 4 heteroatoms. The number of carbonyl (C=O) groups excluding carboxylic acids is 1. The third kappa shape index (κ3) is 4.03. The van der Waals surface area contributed by atoms with E-state index in [9.17, 15) is 4.79 Å². The number of thiol groups is 1. The lowest BCUT2D eigenvalue weighted by Gasteiger charge is -2.23. The van der Waals surface area contributed by atoms with Gasteiger partial charge in [0.15, 0.2) is 0 Å². The van der Waals surface area contributed by atoms with E-state index in [1.54, 1.807) is 4.90 Å². The molecule has 0 radical (unpaired) electrons. The fourth-order valence-electron chi connectivity index (χ4n) is 1.47. The molecule has 1 amide bonds. The number of hydrogen-bond acceptors (Lipinski definition) is 2. The number of amides is 1. The smallest absolute Gasteiger partial charge is 0.235 e. The van der Waals surface area contributed by atoms with Crippen molar-refractivity contribution in [1.82, 2.24) is 4.90 Å². The van der Waals surface area contributed by atoms with Crippen molar-refractivity contribution in [2.45, 2.75) is 25.6 Å². The summed E-state index contributed by atoms with van der Waals surface area (Å²) in [7, 11) is 1.81. The Kier molecular flexibility index (Phi) is 5.53. The third-order valence-corrected chi connectivity index (χ3v) is 4.22.